The molecule has 0 fully saturated rings. The van der Waals surface area contributed by atoms with Gasteiger partial charge in [-0.05, 0) is 44.0 Å². The van der Waals surface area contributed by atoms with Gasteiger partial charge in [0.25, 0.3) is 5.91 Å². The van der Waals surface area contributed by atoms with Crippen LogP contribution in [0.25, 0.3) is 0 Å². The number of carbonyl (C=O) groups excluding carboxylic acids is 1. The summed E-state index contributed by atoms with van der Waals surface area (Å²) in [4.78, 5) is 13.4. The number of hydrogen-bond acceptors (Lipinski definition) is 3. The normalized spacial score (nSPS) is 17.1. The highest BCUT2D eigenvalue weighted by Crippen LogP contribution is 2.36. The molecule has 0 spiro atoms. The fraction of sp³-hybridized carbons (Fsp3) is 0.533. The highest BCUT2D eigenvalue weighted by molar-refractivity contribution is 5.77. The molecule has 1 amide bonds. The largest absolute Gasteiger partial charge is 0.483 e. The van der Waals surface area contributed by atoms with Gasteiger partial charge < -0.3 is 15.0 Å². The van der Waals surface area contributed by atoms with Crippen LogP contribution in [0.3, 0.4) is 0 Å². The van der Waals surface area contributed by atoms with E-state index in [1.54, 1.807) is 11.9 Å². The van der Waals surface area contributed by atoms with Gasteiger partial charge in [-0.1, -0.05) is 12.1 Å². The molecule has 0 radical (unpaired) electrons. The maximum atomic E-state index is 11.8. The highest BCUT2D eigenvalue weighted by atomic mass is 16.5. The minimum Gasteiger partial charge on any atom is -0.483 e. The predicted octanol–water partition coefficient (Wildman–Crippen LogP) is 1.75. The first-order valence-corrected chi connectivity index (χ1v) is 6.83. The zero-order valence-electron chi connectivity index (χ0n) is 11.9. The van der Waals surface area contributed by atoms with Crippen molar-refractivity contribution in [1.29, 1.82) is 0 Å². The Hall–Kier alpha value is -1.55. The standard InChI is InChI=1S/C15H22N2O2/c1-4-17(3)15(18)10-19-14-7-5-6-11-12(14)8-9-13(11)16-2/h5-7,13,16H,4,8-10H2,1-3H3. The molecule has 104 valence electrons. The van der Waals surface area contributed by atoms with Gasteiger partial charge >= 0.3 is 0 Å². The van der Waals surface area contributed by atoms with Crippen molar-refractivity contribution in [1.82, 2.24) is 10.2 Å². The first-order valence-electron chi connectivity index (χ1n) is 6.83. The van der Waals surface area contributed by atoms with Crippen LogP contribution in [-0.4, -0.2) is 38.1 Å². The van der Waals surface area contributed by atoms with Crippen LogP contribution in [0, 0.1) is 0 Å². The zero-order chi connectivity index (χ0) is 13.8. The van der Waals surface area contributed by atoms with Crippen molar-refractivity contribution in [3.8, 4) is 5.75 Å². The van der Waals surface area contributed by atoms with E-state index in [0.29, 0.717) is 12.6 Å². The lowest BCUT2D eigenvalue weighted by molar-refractivity contribution is -0.131. The summed E-state index contributed by atoms with van der Waals surface area (Å²) in [6.07, 6.45) is 2.10. The average molecular weight is 262 g/mol. The van der Waals surface area contributed by atoms with Crippen LogP contribution < -0.4 is 10.1 Å². The molecular weight excluding hydrogens is 240 g/mol. The molecule has 0 heterocycles. The van der Waals surface area contributed by atoms with E-state index < -0.39 is 0 Å². The Kier molecular flexibility index (Phi) is 4.43. The van der Waals surface area contributed by atoms with Gasteiger partial charge in [-0.15, -0.1) is 0 Å². The number of fused-ring (bicyclic) bond motifs is 1. The molecular formula is C15H22N2O2. The van der Waals surface area contributed by atoms with Crippen LogP contribution in [0.4, 0.5) is 0 Å². The number of nitrogens with zero attached hydrogens (tertiary/aromatic N) is 1. The lowest BCUT2D eigenvalue weighted by atomic mass is 10.1. The lowest BCUT2D eigenvalue weighted by Gasteiger charge is -2.16. The summed E-state index contributed by atoms with van der Waals surface area (Å²) in [5, 5.41) is 3.31. The molecule has 0 aromatic heterocycles. The number of benzene rings is 1. The number of likely N-dealkylation sites (N-methyl/N-ethyl adjacent to an activating group) is 1. The third-order valence-corrected chi connectivity index (χ3v) is 3.83. The first kappa shape index (κ1) is 13.9. The van der Waals surface area contributed by atoms with E-state index in [2.05, 4.69) is 11.4 Å². The molecule has 1 atom stereocenters. The van der Waals surface area contributed by atoms with Crippen LogP contribution in [0.2, 0.25) is 0 Å². The minimum atomic E-state index is 0.0169. The molecule has 2 rings (SSSR count). The van der Waals surface area contributed by atoms with Crippen LogP contribution >= 0.6 is 0 Å². The summed E-state index contributed by atoms with van der Waals surface area (Å²) in [5.41, 5.74) is 2.55. The van der Waals surface area contributed by atoms with E-state index in [0.717, 1.165) is 18.6 Å². The third kappa shape index (κ3) is 2.89. The number of carbonyl (C=O) groups is 1. The number of nitrogens with one attached hydrogen (secondary N) is 1. The van der Waals surface area contributed by atoms with Gasteiger partial charge in [0.1, 0.15) is 5.75 Å². The highest BCUT2D eigenvalue weighted by Gasteiger charge is 2.24. The van der Waals surface area contributed by atoms with Gasteiger partial charge in [0, 0.05) is 19.6 Å². The Morgan fingerprint density at radius 2 is 2.32 bits per heavy atom. The Morgan fingerprint density at radius 1 is 1.53 bits per heavy atom. The molecule has 1 aliphatic carbocycles. The van der Waals surface area contributed by atoms with Crippen LogP contribution in [0.5, 0.6) is 5.75 Å². The number of amides is 1. The van der Waals surface area contributed by atoms with E-state index in [1.807, 2.05) is 26.1 Å². The predicted molar refractivity (Wildman–Crippen MR) is 75.4 cm³/mol. The Labute approximate surface area is 114 Å². The fourth-order valence-electron chi connectivity index (χ4n) is 2.48. The molecule has 1 unspecified atom stereocenters. The van der Waals surface area contributed by atoms with Crippen molar-refractivity contribution < 1.29 is 9.53 Å². The van der Waals surface area contributed by atoms with Gasteiger partial charge in [0.05, 0.1) is 0 Å². The number of hydrogen-bond donors (Lipinski definition) is 1. The van der Waals surface area contributed by atoms with Gasteiger partial charge in [-0.2, -0.15) is 0 Å². The third-order valence-electron chi connectivity index (χ3n) is 3.83. The molecule has 19 heavy (non-hydrogen) atoms. The maximum absolute atomic E-state index is 11.8. The average Bonchev–Trinajstić information content (AvgIpc) is 2.87. The zero-order valence-corrected chi connectivity index (χ0v) is 11.9. The number of ether oxygens (including phenoxy) is 1. The van der Waals surface area contributed by atoms with Gasteiger partial charge in [-0.25, -0.2) is 0 Å². The van der Waals surface area contributed by atoms with E-state index in [-0.39, 0.29) is 12.5 Å². The Morgan fingerprint density at radius 3 is 3.00 bits per heavy atom. The Bertz CT molecular complexity index is 459. The second kappa shape index (κ2) is 6.06. The van der Waals surface area contributed by atoms with Crippen LogP contribution in [0.1, 0.15) is 30.5 Å². The van der Waals surface area contributed by atoms with Crippen molar-refractivity contribution >= 4 is 5.91 Å². The summed E-state index contributed by atoms with van der Waals surface area (Å²) in [6.45, 7) is 2.78. The van der Waals surface area contributed by atoms with Crippen molar-refractivity contribution in [2.45, 2.75) is 25.8 Å². The first-order chi connectivity index (χ1) is 9.17. The summed E-state index contributed by atoms with van der Waals surface area (Å²) in [5.74, 6) is 0.872. The van der Waals surface area contributed by atoms with E-state index >= 15 is 0 Å². The monoisotopic (exact) mass is 262 g/mol. The molecule has 1 aromatic carbocycles. The minimum absolute atomic E-state index is 0.0169. The molecule has 0 bridgehead atoms. The second-order valence-corrected chi connectivity index (χ2v) is 4.90. The molecule has 4 heteroatoms. The van der Waals surface area contributed by atoms with Gasteiger partial charge in [0.15, 0.2) is 6.61 Å². The number of rotatable bonds is 5. The topological polar surface area (TPSA) is 41.6 Å². The van der Waals surface area contributed by atoms with E-state index in [1.165, 1.54) is 11.1 Å². The molecule has 0 saturated carbocycles. The maximum Gasteiger partial charge on any atom is 0.260 e. The molecule has 1 aromatic rings. The molecule has 4 nitrogen and oxygen atoms in total. The Balaban J connectivity index is 2.07. The van der Waals surface area contributed by atoms with Crippen molar-refractivity contribution in [3.05, 3.63) is 29.3 Å². The summed E-state index contributed by atoms with van der Waals surface area (Å²) >= 11 is 0. The molecule has 1 N–H and O–H groups in total. The smallest absolute Gasteiger partial charge is 0.260 e. The van der Waals surface area contributed by atoms with Crippen LogP contribution in [0.15, 0.2) is 18.2 Å². The summed E-state index contributed by atoms with van der Waals surface area (Å²) in [6, 6.07) is 6.50. The summed E-state index contributed by atoms with van der Waals surface area (Å²) in [7, 11) is 3.77. The fourth-order valence-corrected chi connectivity index (χ4v) is 2.48. The van der Waals surface area contributed by atoms with E-state index in [9.17, 15) is 4.79 Å². The second-order valence-electron chi connectivity index (χ2n) is 4.90. The summed E-state index contributed by atoms with van der Waals surface area (Å²) < 4.78 is 5.71. The van der Waals surface area contributed by atoms with E-state index in [4.69, 9.17) is 4.74 Å². The molecule has 1 aliphatic rings. The van der Waals surface area contributed by atoms with Crippen molar-refractivity contribution in [3.63, 3.8) is 0 Å². The SMILES string of the molecule is CCN(C)C(=O)COc1cccc2c1CCC2NC. The quantitative estimate of drug-likeness (QED) is 0.879. The van der Waals surface area contributed by atoms with Crippen molar-refractivity contribution in [2.24, 2.45) is 0 Å². The lowest BCUT2D eigenvalue weighted by Crippen LogP contribution is -2.31. The molecule has 0 aliphatic heterocycles. The van der Waals surface area contributed by atoms with Gasteiger partial charge in [0.2, 0.25) is 0 Å². The van der Waals surface area contributed by atoms with Crippen LogP contribution in [-0.2, 0) is 11.2 Å². The molecule has 0 saturated heterocycles. The van der Waals surface area contributed by atoms with Crippen molar-refractivity contribution in [2.75, 3.05) is 27.2 Å². The van der Waals surface area contributed by atoms with Gasteiger partial charge in [-0.3, -0.25) is 4.79 Å².